The van der Waals surface area contributed by atoms with Crippen molar-refractivity contribution in [3.8, 4) is 11.1 Å². The topological polar surface area (TPSA) is 153 Å². The second-order valence-electron chi connectivity index (χ2n) is 8.44. The molecule has 0 aliphatic carbocycles. The number of aromatic nitrogens is 2. The highest BCUT2D eigenvalue weighted by molar-refractivity contribution is 6.05. The Morgan fingerprint density at radius 3 is 2.53 bits per heavy atom. The van der Waals surface area contributed by atoms with Crippen molar-refractivity contribution >= 4 is 40.2 Å². The van der Waals surface area contributed by atoms with E-state index in [9.17, 15) is 18.8 Å². The number of carbonyl (C=O) groups excluding carboxylic acids is 2. The molecule has 0 fully saturated rings. The summed E-state index contributed by atoms with van der Waals surface area (Å²) in [6.45, 7) is 1.83. The quantitative estimate of drug-likeness (QED) is 0.310. The highest BCUT2D eigenvalue weighted by Crippen LogP contribution is 2.33. The summed E-state index contributed by atoms with van der Waals surface area (Å²) in [4.78, 5) is 36.0. The van der Waals surface area contributed by atoms with E-state index in [1.54, 1.807) is 48.5 Å². The van der Waals surface area contributed by atoms with Gasteiger partial charge in [-0.15, -0.1) is 5.10 Å². The van der Waals surface area contributed by atoms with Crippen molar-refractivity contribution < 1.29 is 23.9 Å². The molecule has 0 radical (unpaired) electrons. The first kappa shape index (κ1) is 24.6. The highest BCUT2D eigenvalue weighted by atomic mass is 19.1. The molecule has 184 valence electrons. The summed E-state index contributed by atoms with van der Waals surface area (Å²) in [6.07, 6.45) is -0.527. The summed E-state index contributed by atoms with van der Waals surface area (Å²) in [5.41, 5.74) is 15.2. The second-order valence-corrected chi connectivity index (χ2v) is 8.44. The summed E-state index contributed by atoms with van der Waals surface area (Å²) in [5.74, 6) is -2.55. The Labute approximate surface area is 205 Å². The van der Waals surface area contributed by atoms with Crippen molar-refractivity contribution in [1.29, 1.82) is 0 Å². The van der Waals surface area contributed by atoms with Gasteiger partial charge in [-0.3, -0.25) is 14.4 Å². The minimum atomic E-state index is -1.36. The van der Waals surface area contributed by atoms with Crippen molar-refractivity contribution in [2.45, 2.75) is 25.8 Å². The van der Waals surface area contributed by atoms with E-state index in [0.717, 1.165) is 15.8 Å². The van der Waals surface area contributed by atoms with Gasteiger partial charge in [-0.25, -0.2) is 4.39 Å². The zero-order valence-electron chi connectivity index (χ0n) is 19.4. The van der Waals surface area contributed by atoms with Crippen molar-refractivity contribution in [2.24, 2.45) is 5.73 Å². The Morgan fingerprint density at radius 2 is 1.83 bits per heavy atom. The lowest BCUT2D eigenvalue weighted by Gasteiger charge is -2.09. The number of nitrogens with zero attached hydrogens (tertiary/aromatic N) is 2. The smallest absolute Gasteiger partial charge is 0.321 e. The fourth-order valence-electron chi connectivity index (χ4n) is 3.94. The molecule has 0 bridgehead atoms. The summed E-state index contributed by atoms with van der Waals surface area (Å²) in [6, 6.07) is 15.4. The van der Waals surface area contributed by atoms with Gasteiger partial charge in [0.2, 0.25) is 11.8 Å². The average molecular weight is 490 g/mol. The molecule has 1 amide bonds. The average Bonchev–Trinajstić information content (AvgIpc) is 3.18. The Balaban J connectivity index is 1.56. The lowest BCUT2D eigenvalue weighted by Crippen LogP contribution is -2.34. The number of aliphatic carboxylic acids is 1. The monoisotopic (exact) mass is 489 g/mol. The molecule has 6 N–H and O–H groups in total. The number of nitrogen functional groups attached to an aromatic ring is 1. The zero-order chi connectivity index (χ0) is 26.0. The largest absolute Gasteiger partial charge is 0.480 e. The van der Waals surface area contributed by atoms with Crippen LogP contribution in [0.25, 0.3) is 22.0 Å². The summed E-state index contributed by atoms with van der Waals surface area (Å²) in [5, 5.41) is 16.4. The van der Waals surface area contributed by atoms with Crippen molar-refractivity contribution in [1.82, 2.24) is 9.78 Å². The molecule has 9 nitrogen and oxygen atoms in total. The van der Waals surface area contributed by atoms with E-state index in [1.165, 1.54) is 6.07 Å². The van der Waals surface area contributed by atoms with Gasteiger partial charge >= 0.3 is 5.97 Å². The number of benzene rings is 3. The summed E-state index contributed by atoms with van der Waals surface area (Å²) in [7, 11) is 0. The number of hydrogen-bond acceptors (Lipinski definition) is 6. The van der Waals surface area contributed by atoms with Gasteiger partial charge in [-0.2, -0.15) is 4.68 Å². The molecular weight excluding hydrogens is 465 g/mol. The first-order chi connectivity index (χ1) is 17.1. The number of aryl methyl sites for hydroxylation is 1. The molecule has 10 heteroatoms. The lowest BCUT2D eigenvalue weighted by molar-refractivity contribution is -0.138. The van der Waals surface area contributed by atoms with Gasteiger partial charge in [0, 0.05) is 5.69 Å². The third-order valence-corrected chi connectivity index (χ3v) is 5.71. The van der Waals surface area contributed by atoms with Gasteiger partial charge < -0.3 is 21.9 Å². The number of halogens is 1. The van der Waals surface area contributed by atoms with Crippen LogP contribution in [0.4, 0.5) is 15.9 Å². The van der Waals surface area contributed by atoms with Crippen LogP contribution in [-0.2, 0) is 16.0 Å². The maximum absolute atomic E-state index is 14.0. The number of nitrogens with two attached hydrogens (primary N) is 2. The van der Waals surface area contributed by atoms with Crippen LogP contribution in [0.5, 0.6) is 0 Å². The minimum Gasteiger partial charge on any atom is -0.480 e. The Bertz CT molecular complexity index is 1480. The predicted molar refractivity (Wildman–Crippen MR) is 134 cm³/mol. The predicted octanol–water partition coefficient (Wildman–Crippen LogP) is 3.36. The number of amides is 1. The van der Waals surface area contributed by atoms with Crippen LogP contribution in [0.3, 0.4) is 0 Å². The van der Waals surface area contributed by atoms with Crippen LogP contribution >= 0.6 is 0 Å². The number of carboxylic acids is 1. The van der Waals surface area contributed by atoms with Crippen LogP contribution < -0.4 is 16.8 Å². The van der Waals surface area contributed by atoms with E-state index in [-0.39, 0.29) is 18.1 Å². The fraction of sp³-hybridized carbons (Fsp3) is 0.154. The van der Waals surface area contributed by atoms with Gasteiger partial charge in [0.25, 0.3) is 0 Å². The van der Waals surface area contributed by atoms with Gasteiger partial charge in [0.05, 0.1) is 23.7 Å². The molecule has 3 aromatic carbocycles. The van der Waals surface area contributed by atoms with E-state index in [2.05, 4.69) is 10.4 Å². The molecule has 0 aliphatic rings. The lowest BCUT2D eigenvalue weighted by atomic mass is 10.0. The SMILES string of the molecule is Cc1ccc(F)c(CC(=O)Nc2ccc(-c3cccc4c3c(N)nn4C(=O)C[C@H](N)C(=O)O)cc2)c1. The van der Waals surface area contributed by atoms with E-state index in [4.69, 9.17) is 16.6 Å². The molecule has 0 unspecified atom stereocenters. The number of rotatable bonds is 7. The molecule has 36 heavy (non-hydrogen) atoms. The van der Waals surface area contributed by atoms with Crippen LogP contribution in [0.2, 0.25) is 0 Å². The Morgan fingerprint density at radius 1 is 1.11 bits per heavy atom. The number of nitrogens with one attached hydrogen (secondary N) is 1. The molecule has 0 saturated heterocycles. The fourth-order valence-corrected chi connectivity index (χ4v) is 3.94. The van der Waals surface area contributed by atoms with E-state index in [0.29, 0.717) is 27.7 Å². The zero-order valence-corrected chi connectivity index (χ0v) is 19.4. The van der Waals surface area contributed by atoms with Crippen LogP contribution in [0.15, 0.2) is 60.7 Å². The standard InChI is InChI=1S/C26H24FN5O4/c1-14-5-10-19(27)16(11-14)12-22(33)30-17-8-6-15(7-9-17)18-3-2-4-21-24(18)25(29)31-32(21)23(34)13-20(28)26(35)36/h2-11,20H,12-13,28H2,1H3,(H2,29,31)(H,30,33)(H,35,36)/t20-/m0/s1. The Kier molecular flexibility index (Phi) is 6.80. The number of hydrogen-bond donors (Lipinski definition) is 4. The van der Waals surface area contributed by atoms with Crippen molar-refractivity contribution in [3.63, 3.8) is 0 Å². The van der Waals surface area contributed by atoms with Gasteiger partial charge in [-0.1, -0.05) is 42.0 Å². The normalized spacial score (nSPS) is 11.9. The number of fused-ring (bicyclic) bond motifs is 1. The van der Waals surface area contributed by atoms with Crippen LogP contribution in [0.1, 0.15) is 22.3 Å². The van der Waals surface area contributed by atoms with Crippen molar-refractivity contribution in [3.05, 3.63) is 77.6 Å². The molecule has 1 atom stereocenters. The Hall–Kier alpha value is -4.57. The first-order valence-electron chi connectivity index (χ1n) is 11.1. The molecule has 1 aromatic heterocycles. The number of carboxylic acid groups (broad SMARTS) is 1. The molecule has 4 rings (SSSR count). The van der Waals surface area contributed by atoms with E-state index in [1.807, 2.05) is 13.0 Å². The molecule has 0 aliphatic heterocycles. The van der Waals surface area contributed by atoms with Crippen molar-refractivity contribution in [2.75, 3.05) is 11.1 Å². The number of anilines is 2. The van der Waals surface area contributed by atoms with E-state index < -0.39 is 30.2 Å². The molecule has 1 heterocycles. The molecule has 4 aromatic rings. The highest BCUT2D eigenvalue weighted by Gasteiger charge is 2.22. The first-order valence-corrected chi connectivity index (χ1v) is 11.1. The molecule has 0 saturated carbocycles. The van der Waals surface area contributed by atoms with Gasteiger partial charge in [0.1, 0.15) is 11.9 Å². The molecular formula is C26H24FN5O4. The maximum atomic E-state index is 14.0. The maximum Gasteiger partial charge on any atom is 0.321 e. The molecule has 0 spiro atoms. The van der Waals surface area contributed by atoms with Gasteiger partial charge in [0.15, 0.2) is 5.82 Å². The summed E-state index contributed by atoms with van der Waals surface area (Å²) < 4.78 is 15.0. The van der Waals surface area contributed by atoms with E-state index >= 15 is 0 Å². The minimum absolute atomic E-state index is 0.0934. The third-order valence-electron chi connectivity index (χ3n) is 5.71. The third kappa shape index (κ3) is 5.08. The second kappa shape index (κ2) is 9.96. The van der Waals surface area contributed by atoms with Gasteiger partial charge in [-0.05, 0) is 47.9 Å². The summed E-state index contributed by atoms with van der Waals surface area (Å²) >= 11 is 0. The van der Waals surface area contributed by atoms with Crippen LogP contribution in [0, 0.1) is 12.7 Å². The van der Waals surface area contributed by atoms with Crippen LogP contribution in [-0.4, -0.2) is 38.7 Å². The number of carbonyl (C=O) groups is 3.